The largest absolute Gasteiger partial charge is 0.385 e. The Bertz CT molecular complexity index is 1100. The number of carbonyl (C=O) groups excluding carboxylic acids is 2. The van der Waals surface area contributed by atoms with Gasteiger partial charge >= 0.3 is 0 Å². The van der Waals surface area contributed by atoms with E-state index in [1.54, 1.807) is 32.5 Å². The number of rotatable bonds is 14. The summed E-state index contributed by atoms with van der Waals surface area (Å²) in [5, 5.41) is 9.04. The van der Waals surface area contributed by atoms with Crippen LogP contribution < -0.4 is 16.0 Å². The van der Waals surface area contributed by atoms with Gasteiger partial charge in [-0.05, 0) is 37.5 Å². The van der Waals surface area contributed by atoms with Gasteiger partial charge in [0.15, 0.2) is 0 Å². The first-order valence-corrected chi connectivity index (χ1v) is 13.1. The van der Waals surface area contributed by atoms with Crippen LogP contribution in [0.2, 0.25) is 0 Å². The van der Waals surface area contributed by atoms with Crippen molar-refractivity contribution in [1.82, 2.24) is 25.2 Å². The minimum absolute atomic E-state index is 0.00236. The maximum atomic E-state index is 13.1. The smallest absolute Gasteiger partial charge is 0.246 e. The Morgan fingerprint density at radius 1 is 1.15 bits per heavy atom. The average Bonchev–Trinajstić information content (AvgIpc) is 2.94. The van der Waals surface area contributed by atoms with Crippen LogP contribution in [0.1, 0.15) is 52.0 Å². The summed E-state index contributed by atoms with van der Waals surface area (Å²) in [6, 6.07) is 2.79. The molecule has 2 aromatic rings. The number of unbranched alkanes of at least 4 members (excludes halogenated alkanes) is 1. The van der Waals surface area contributed by atoms with Crippen LogP contribution in [-0.4, -0.2) is 72.1 Å². The number of ether oxygens (including phenoxy) is 1. The summed E-state index contributed by atoms with van der Waals surface area (Å²) in [4.78, 5) is 37.6. The molecular weight excluding hydrogens is 501 g/mol. The number of anilines is 3. The molecule has 3 N–H and O–H groups in total. The number of likely N-dealkylation sites (N-methyl/N-ethyl adjacent to an activating group) is 1. The molecule has 2 heterocycles. The Kier molecular flexibility index (Phi) is 16.9. The van der Waals surface area contributed by atoms with Crippen molar-refractivity contribution in [3.05, 3.63) is 48.2 Å². The lowest BCUT2D eigenvalue weighted by Crippen LogP contribution is -2.38. The molecule has 0 aliphatic rings. The molecule has 0 bridgehead atoms. The third kappa shape index (κ3) is 13.9. The van der Waals surface area contributed by atoms with Crippen LogP contribution >= 0.6 is 0 Å². The van der Waals surface area contributed by atoms with Crippen LogP contribution in [0.25, 0.3) is 0 Å². The molecule has 0 fully saturated rings. The number of hydrogen-bond acceptors (Lipinski definition) is 8. The van der Waals surface area contributed by atoms with E-state index in [0.29, 0.717) is 55.6 Å². The number of carbonyl (C=O) groups is 2. The number of allylic oxidation sites excluding steroid dienone is 1. The molecule has 2 rings (SSSR count). The number of pyridine rings is 1. The van der Waals surface area contributed by atoms with Gasteiger partial charge in [-0.15, -0.1) is 0 Å². The van der Waals surface area contributed by atoms with Gasteiger partial charge in [0.1, 0.15) is 5.82 Å². The van der Waals surface area contributed by atoms with Crippen molar-refractivity contribution < 1.29 is 18.7 Å². The van der Waals surface area contributed by atoms with Gasteiger partial charge in [0.25, 0.3) is 0 Å². The quantitative estimate of drug-likeness (QED) is 0.143. The second-order valence-corrected chi connectivity index (χ2v) is 7.98. The molecule has 2 amide bonds. The van der Waals surface area contributed by atoms with Gasteiger partial charge in [-0.3, -0.25) is 9.59 Å². The molecule has 0 saturated carbocycles. The Hall–Kier alpha value is -4.04. The first-order valence-electron chi connectivity index (χ1n) is 13.1. The predicted octanol–water partition coefficient (Wildman–Crippen LogP) is 3.90. The van der Waals surface area contributed by atoms with E-state index in [-0.39, 0.29) is 18.4 Å². The second-order valence-electron chi connectivity index (χ2n) is 7.98. The number of amides is 2. The van der Waals surface area contributed by atoms with Crippen molar-refractivity contribution in [3.63, 3.8) is 0 Å². The van der Waals surface area contributed by atoms with Gasteiger partial charge < -0.3 is 25.6 Å². The monoisotopic (exact) mass is 541 g/mol. The van der Waals surface area contributed by atoms with E-state index in [2.05, 4.69) is 42.7 Å². The van der Waals surface area contributed by atoms with Gasteiger partial charge in [0, 0.05) is 40.3 Å². The SMILES string of the molecule is CC.CC/C=C/C(=O)N(C)CC(=O)NCCCC#Cc1cnc(Nc2ccc(F)nc2)nc1NCCCOC. The lowest BCUT2D eigenvalue weighted by Gasteiger charge is -2.14. The van der Waals surface area contributed by atoms with Gasteiger partial charge in [0.2, 0.25) is 23.7 Å². The number of methoxy groups -OCH3 is 1. The summed E-state index contributed by atoms with van der Waals surface area (Å²) in [7, 11) is 3.24. The van der Waals surface area contributed by atoms with Crippen LogP contribution in [0.4, 0.5) is 21.8 Å². The molecule has 10 nitrogen and oxygen atoms in total. The molecule has 0 atom stereocenters. The molecule has 2 aromatic heterocycles. The third-order valence-electron chi connectivity index (χ3n) is 4.87. The first-order chi connectivity index (χ1) is 18.9. The third-order valence-corrected chi connectivity index (χ3v) is 4.87. The van der Waals surface area contributed by atoms with Crippen LogP contribution in [0.5, 0.6) is 0 Å². The van der Waals surface area contributed by atoms with Gasteiger partial charge in [-0.2, -0.15) is 9.37 Å². The van der Waals surface area contributed by atoms with E-state index in [1.807, 2.05) is 20.8 Å². The maximum Gasteiger partial charge on any atom is 0.246 e. The fourth-order valence-electron chi connectivity index (χ4n) is 2.93. The van der Waals surface area contributed by atoms with E-state index in [0.717, 1.165) is 12.8 Å². The summed E-state index contributed by atoms with van der Waals surface area (Å²) in [5.74, 6) is 6.06. The molecule has 212 valence electrons. The predicted molar refractivity (Wildman–Crippen MR) is 152 cm³/mol. The van der Waals surface area contributed by atoms with Crippen molar-refractivity contribution in [2.24, 2.45) is 0 Å². The average molecular weight is 542 g/mol. The number of nitrogens with one attached hydrogen (secondary N) is 3. The summed E-state index contributed by atoms with van der Waals surface area (Å²) in [6.45, 7) is 7.63. The Labute approximate surface area is 230 Å². The van der Waals surface area contributed by atoms with Crippen LogP contribution in [-0.2, 0) is 14.3 Å². The maximum absolute atomic E-state index is 13.1. The van der Waals surface area contributed by atoms with Crippen LogP contribution in [0, 0.1) is 17.8 Å². The molecule has 0 aliphatic heterocycles. The van der Waals surface area contributed by atoms with E-state index in [1.165, 1.54) is 23.2 Å². The fourth-order valence-corrected chi connectivity index (χ4v) is 2.93. The molecule has 0 saturated heterocycles. The van der Waals surface area contributed by atoms with Crippen molar-refractivity contribution >= 4 is 29.3 Å². The summed E-state index contributed by atoms with van der Waals surface area (Å²) in [6.07, 6.45) is 8.95. The minimum Gasteiger partial charge on any atom is -0.385 e. The zero-order valence-electron chi connectivity index (χ0n) is 23.5. The topological polar surface area (TPSA) is 121 Å². The van der Waals surface area contributed by atoms with Crippen LogP contribution in [0.15, 0.2) is 36.7 Å². The number of aromatic nitrogens is 3. The molecule has 0 spiro atoms. The van der Waals surface area contributed by atoms with Gasteiger partial charge in [0.05, 0.1) is 30.2 Å². The lowest BCUT2D eigenvalue weighted by atomic mass is 10.2. The van der Waals surface area contributed by atoms with Crippen LogP contribution in [0.3, 0.4) is 0 Å². The molecule has 0 aromatic carbocycles. The number of halogens is 1. The highest BCUT2D eigenvalue weighted by molar-refractivity contribution is 5.91. The second kappa shape index (κ2) is 20.0. The summed E-state index contributed by atoms with van der Waals surface area (Å²) >= 11 is 0. The Balaban J connectivity index is 0.00000371. The zero-order valence-corrected chi connectivity index (χ0v) is 23.5. The molecular formula is C28H40FN7O3. The van der Waals surface area contributed by atoms with E-state index < -0.39 is 5.95 Å². The molecule has 11 heteroatoms. The minimum atomic E-state index is -0.570. The van der Waals surface area contributed by atoms with Crippen molar-refractivity contribution in [1.29, 1.82) is 0 Å². The highest BCUT2D eigenvalue weighted by Crippen LogP contribution is 2.17. The Morgan fingerprint density at radius 2 is 1.95 bits per heavy atom. The Morgan fingerprint density at radius 3 is 2.64 bits per heavy atom. The van der Waals surface area contributed by atoms with E-state index >= 15 is 0 Å². The highest BCUT2D eigenvalue weighted by atomic mass is 19.1. The number of nitrogens with zero attached hydrogens (tertiary/aromatic N) is 4. The normalized spacial score (nSPS) is 10.1. The molecule has 39 heavy (non-hydrogen) atoms. The molecule has 0 radical (unpaired) electrons. The van der Waals surface area contributed by atoms with Gasteiger partial charge in [-0.1, -0.05) is 38.7 Å². The van der Waals surface area contributed by atoms with E-state index in [4.69, 9.17) is 4.74 Å². The zero-order chi connectivity index (χ0) is 28.9. The first kappa shape index (κ1) is 33.0. The summed E-state index contributed by atoms with van der Waals surface area (Å²) in [5.41, 5.74) is 1.19. The molecule has 0 aliphatic carbocycles. The summed E-state index contributed by atoms with van der Waals surface area (Å²) < 4.78 is 18.1. The fraction of sp³-hybridized carbons (Fsp3) is 0.464. The van der Waals surface area contributed by atoms with E-state index in [9.17, 15) is 14.0 Å². The van der Waals surface area contributed by atoms with Crippen molar-refractivity contribution in [2.75, 3.05) is 51.0 Å². The molecule has 0 unspecified atom stereocenters. The van der Waals surface area contributed by atoms with Gasteiger partial charge in [-0.25, -0.2) is 9.97 Å². The number of hydrogen-bond donors (Lipinski definition) is 3. The highest BCUT2D eigenvalue weighted by Gasteiger charge is 2.10. The van der Waals surface area contributed by atoms with Crippen molar-refractivity contribution in [3.8, 4) is 11.8 Å². The standard InChI is InChI=1S/C26H34FN7O3.C2H6/c1-4-5-11-24(36)34(2)19-23(35)28-14-8-6-7-10-20-17-31-26(32-21-12-13-22(27)30-18-21)33-25(20)29-15-9-16-37-3;1-2/h5,11-13,17-18H,4,6,8-9,14-16,19H2,1-3H3,(H,28,35)(H2,29,31,32,33);1-2H3/b11-5+;. The lowest BCUT2D eigenvalue weighted by molar-refractivity contribution is -0.131. The van der Waals surface area contributed by atoms with Crippen molar-refractivity contribution in [2.45, 2.75) is 46.5 Å².